The van der Waals surface area contributed by atoms with E-state index in [1.165, 1.54) is 41.8 Å². The second kappa shape index (κ2) is 11.1. The highest BCUT2D eigenvalue weighted by atomic mass is 32.2. The molecule has 3 atom stereocenters. The summed E-state index contributed by atoms with van der Waals surface area (Å²) in [6.07, 6.45) is -1.57. The van der Waals surface area contributed by atoms with Crippen molar-refractivity contribution < 1.29 is 23.9 Å². The minimum atomic E-state index is -1.57. The molecule has 188 valence electrons. The van der Waals surface area contributed by atoms with Gasteiger partial charge < -0.3 is 26.0 Å². The van der Waals surface area contributed by atoms with Crippen LogP contribution in [0.3, 0.4) is 0 Å². The molecule has 1 aliphatic heterocycles. The number of aliphatic hydroxyl groups excluding tert-OH is 1. The fraction of sp³-hybridized carbons (Fsp3) is 0.400. The number of nitrogens with zero attached hydrogens (tertiary/aromatic N) is 1. The molecule has 2 aromatic rings. The van der Waals surface area contributed by atoms with E-state index in [-0.39, 0.29) is 17.5 Å². The maximum atomic E-state index is 13.3. The average Bonchev–Trinajstić information content (AvgIpc) is 3.12. The van der Waals surface area contributed by atoms with Crippen LogP contribution in [-0.2, 0) is 16.1 Å². The van der Waals surface area contributed by atoms with Crippen LogP contribution in [0.5, 0.6) is 0 Å². The van der Waals surface area contributed by atoms with Crippen LogP contribution in [0.2, 0.25) is 0 Å². The predicted molar refractivity (Wildman–Crippen MR) is 134 cm³/mol. The van der Waals surface area contributed by atoms with Gasteiger partial charge in [-0.25, -0.2) is 9.18 Å². The van der Waals surface area contributed by atoms with Crippen LogP contribution in [-0.4, -0.2) is 56.7 Å². The summed E-state index contributed by atoms with van der Waals surface area (Å²) in [5.74, 6) is -1.24. The van der Waals surface area contributed by atoms with Gasteiger partial charge in [-0.15, -0.1) is 11.8 Å². The fourth-order valence-corrected chi connectivity index (χ4v) is 5.04. The lowest BCUT2D eigenvalue weighted by molar-refractivity contribution is -0.147. The van der Waals surface area contributed by atoms with Crippen LogP contribution in [0.4, 0.5) is 14.9 Å². The lowest BCUT2D eigenvalue weighted by Gasteiger charge is -2.32. The van der Waals surface area contributed by atoms with E-state index in [4.69, 9.17) is 0 Å². The maximum absolute atomic E-state index is 13.3. The molecule has 1 saturated heterocycles. The Morgan fingerprint density at radius 3 is 2.60 bits per heavy atom. The molecule has 1 heterocycles. The van der Waals surface area contributed by atoms with E-state index in [0.717, 1.165) is 17.2 Å². The summed E-state index contributed by atoms with van der Waals surface area (Å²) < 4.78 is 12.8. The van der Waals surface area contributed by atoms with Gasteiger partial charge in [0.2, 0.25) is 5.91 Å². The van der Waals surface area contributed by atoms with Gasteiger partial charge in [0.15, 0.2) is 6.10 Å². The molecule has 1 fully saturated rings. The van der Waals surface area contributed by atoms with Crippen molar-refractivity contribution in [3.05, 3.63) is 65.5 Å². The number of hydrogen-bond donors (Lipinski definition) is 4. The van der Waals surface area contributed by atoms with Gasteiger partial charge in [-0.2, -0.15) is 0 Å². The van der Waals surface area contributed by atoms with Crippen molar-refractivity contribution in [2.24, 2.45) is 0 Å². The van der Waals surface area contributed by atoms with E-state index < -0.39 is 40.7 Å². The number of urea groups is 1. The van der Waals surface area contributed by atoms with Gasteiger partial charge in [0, 0.05) is 17.0 Å². The number of aryl methyl sites for hydroxylation is 1. The van der Waals surface area contributed by atoms with Crippen LogP contribution in [0, 0.1) is 12.7 Å². The summed E-state index contributed by atoms with van der Waals surface area (Å²) in [7, 11) is 0. The molecule has 10 heteroatoms. The second-order valence-corrected chi connectivity index (χ2v) is 10.7. The zero-order valence-corrected chi connectivity index (χ0v) is 21.0. The zero-order valence-electron chi connectivity index (χ0n) is 20.2. The number of carbonyl (C=O) groups is 3. The van der Waals surface area contributed by atoms with Crippen molar-refractivity contribution in [1.82, 2.24) is 15.5 Å². The highest BCUT2D eigenvalue weighted by Crippen LogP contribution is 2.39. The Morgan fingerprint density at radius 1 is 1.20 bits per heavy atom. The summed E-state index contributed by atoms with van der Waals surface area (Å²) in [4.78, 5) is 39.9. The SMILES string of the molecule is Cc1ccccc1CNC(=O)C1N(C(=O)[C@@H](O)[C@H](C)NC(=O)Nc2cccc(F)c2)CSC1(C)C. The van der Waals surface area contributed by atoms with Gasteiger partial charge >= 0.3 is 6.03 Å². The third-order valence-corrected chi connectivity index (χ3v) is 7.33. The summed E-state index contributed by atoms with van der Waals surface area (Å²) in [5, 5.41) is 18.6. The van der Waals surface area contributed by atoms with Crippen LogP contribution < -0.4 is 16.0 Å². The minimum absolute atomic E-state index is 0.230. The quantitative estimate of drug-likeness (QED) is 0.465. The first kappa shape index (κ1) is 26.5. The summed E-state index contributed by atoms with van der Waals surface area (Å²) >= 11 is 1.44. The van der Waals surface area contributed by atoms with E-state index >= 15 is 0 Å². The van der Waals surface area contributed by atoms with E-state index in [9.17, 15) is 23.9 Å². The highest BCUT2D eigenvalue weighted by Gasteiger charge is 2.49. The van der Waals surface area contributed by atoms with Gasteiger partial charge in [0.25, 0.3) is 5.91 Å². The molecule has 0 spiro atoms. The van der Waals surface area contributed by atoms with Crippen LogP contribution in [0.15, 0.2) is 48.5 Å². The Morgan fingerprint density at radius 2 is 1.91 bits per heavy atom. The molecule has 0 saturated carbocycles. The fourth-order valence-electron chi connectivity index (χ4n) is 3.90. The Balaban J connectivity index is 1.63. The first-order chi connectivity index (χ1) is 16.5. The largest absolute Gasteiger partial charge is 0.381 e. The number of rotatable bonds is 7. The van der Waals surface area contributed by atoms with E-state index in [0.29, 0.717) is 6.54 Å². The molecule has 0 radical (unpaired) electrons. The third kappa shape index (κ3) is 6.52. The Hall–Kier alpha value is -3.11. The molecule has 8 nitrogen and oxygen atoms in total. The molecule has 4 amide bonds. The van der Waals surface area contributed by atoms with E-state index in [2.05, 4.69) is 16.0 Å². The molecular weight excluding hydrogens is 471 g/mol. The normalized spacial score (nSPS) is 18.5. The predicted octanol–water partition coefficient (Wildman–Crippen LogP) is 3.00. The molecule has 0 aromatic heterocycles. The summed E-state index contributed by atoms with van der Waals surface area (Å²) in [6.45, 7) is 7.52. The number of anilines is 1. The Bertz CT molecular complexity index is 1100. The molecule has 0 bridgehead atoms. The highest BCUT2D eigenvalue weighted by molar-refractivity contribution is 8.00. The number of aliphatic hydroxyl groups is 1. The molecule has 2 aromatic carbocycles. The molecule has 4 N–H and O–H groups in total. The maximum Gasteiger partial charge on any atom is 0.319 e. The smallest absolute Gasteiger partial charge is 0.319 e. The van der Waals surface area contributed by atoms with Gasteiger partial charge in [-0.1, -0.05) is 30.3 Å². The third-order valence-electron chi connectivity index (χ3n) is 5.96. The number of amides is 4. The zero-order chi connectivity index (χ0) is 25.8. The molecular formula is C25H31FN4O4S. The first-order valence-corrected chi connectivity index (χ1v) is 12.3. The summed E-state index contributed by atoms with van der Waals surface area (Å²) in [6, 6.07) is 10.6. The van der Waals surface area contributed by atoms with Gasteiger partial charge in [-0.05, 0) is 57.0 Å². The Kier molecular flexibility index (Phi) is 8.39. The summed E-state index contributed by atoms with van der Waals surface area (Å²) in [5.41, 5.74) is 2.26. The number of benzene rings is 2. The second-order valence-electron chi connectivity index (χ2n) is 9.07. The monoisotopic (exact) mass is 502 g/mol. The number of halogens is 1. The van der Waals surface area contributed by atoms with Crippen LogP contribution >= 0.6 is 11.8 Å². The average molecular weight is 503 g/mol. The molecule has 3 rings (SSSR count). The van der Waals surface area contributed by atoms with Crippen molar-refractivity contribution in [3.63, 3.8) is 0 Å². The van der Waals surface area contributed by atoms with Gasteiger partial charge in [0.05, 0.1) is 11.9 Å². The van der Waals surface area contributed by atoms with Crippen molar-refractivity contribution in [3.8, 4) is 0 Å². The standard InChI is InChI=1S/C25H31FN4O4S/c1-15-8-5-6-9-17(15)13-27-22(32)21-25(3,4)35-14-30(21)23(33)20(31)16(2)28-24(34)29-19-11-7-10-18(26)12-19/h5-12,16,20-21,31H,13-14H2,1-4H3,(H,27,32)(H2,28,29,34)/t16-,20-,21?/m0/s1. The van der Waals surface area contributed by atoms with Crippen molar-refractivity contribution in [2.75, 3.05) is 11.2 Å². The number of thioether (sulfide) groups is 1. The minimum Gasteiger partial charge on any atom is -0.381 e. The molecule has 1 aliphatic rings. The topological polar surface area (TPSA) is 111 Å². The van der Waals surface area contributed by atoms with Gasteiger partial charge in [-0.3, -0.25) is 9.59 Å². The Labute approximate surface area is 208 Å². The number of carbonyl (C=O) groups excluding carboxylic acids is 3. The van der Waals surface area contributed by atoms with Gasteiger partial charge in [0.1, 0.15) is 11.9 Å². The number of nitrogens with one attached hydrogen (secondary N) is 3. The molecule has 1 unspecified atom stereocenters. The van der Waals surface area contributed by atoms with Crippen LogP contribution in [0.25, 0.3) is 0 Å². The van der Waals surface area contributed by atoms with Crippen molar-refractivity contribution >= 4 is 35.3 Å². The van der Waals surface area contributed by atoms with E-state index in [1.807, 2.05) is 45.0 Å². The molecule has 0 aliphatic carbocycles. The number of hydrogen-bond acceptors (Lipinski definition) is 5. The lowest BCUT2D eigenvalue weighted by Crippen LogP contribution is -2.58. The first-order valence-electron chi connectivity index (χ1n) is 11.3. The van der Waals surface area contributed by atoms with E-state index in [1.54, 1.807) is 0 Å². The van der Waals surface area contributed by atoms with Crippen molar-refractivity contribution in [2.45, 2.75) is 57.2 Å². The van der Waals surface area contributed by atoms with Crippen molar-refractivity contribution in [1.29, 1.82) is 0 Å². The van der Waals surface area contributed by atoms with Crippen LogP contribution in [0.1, 0.15) is 31.9 Å². The lowest BCUT2D eigenvalue weighted by atomic mass is 9.99. The molecule has 35 heavy (non-hydrogen) atoms.